The molecule has 0 bridgehead atoms. The van der Waals surface area contributed by atoms with Crippen LogP contribution in [0.5, 0.6) is 0 Å². The zero-order valence-corrected chi connectivity index (χ0v) is 42.6. The minimum atomic E-state index is -0.449. The molecule has 0 atom stereocenters. The maximum Gasteiger partial charge on any atom is 0.0726 e. The number of fused-ring (bicyclic) bond motifs is 13. The largest absolute Gasteiger partial charge is 0.309 e. The Balaban J connectivity index is 0.000000303. The lowest BCUT2D eigenvalue weighted by Gasteiger charge is -2.32. The van der Waals surface area contributed by atoms with Crippen LogP contribution in [0.4, 0.5) is 17.1 Å². The molecule has 1 heterocycles. The van der Waals surface area contributed by atoms with Crippen LogP contribution >= 0.6 is 0 Å². The molecule has 2 nitrogen and oxygen atoms in total. The highest BCUT2D eigenvalue weighted by Gasteiger charge is 2.52. The maximum atomic E-state index is 2.56. The Morgan fingerprint density at radius 3 is 1.46 bits per heavy atom. The Morgan fingerprint density at radius 2 is 0.797 bits per heavy atom. The summed E-state index contributed by atoms with van der Waals surface area (Å²) in [5.74, 6) is 0. The molecule has 2 heteroatoms. The van der Waals surface area contributed by atoms with E-state index in [1.165, 1.54) is 116 Å². The summed E-state index contributed by atoms with van der Waals surface area (Å²) in [6.07, 6.45) is 0. The third kappa shape index (κ3) is 6.93. The van der Waals surface area contributed by atoms with Crippen molar-refractivity contribution in [2.24, 2.45) is 0 Å². The van der Waals surface area contributed by atoms with Crippen LogP contribution in [0.25, 0.3) is 72.0 Å². The number of nitrogens with zero attached hydrogens (tertiary/aromatic N) is 2. The van der Waals surface area contributed by atoms with Crippen LogP contribution in [-0.2, 0) is 5.41 Å². The molecule has 1 spiro atoms. The van der Waals surface area contributed by atoms with Gasteiger partial charge in [0.1, 0.15) is 0 Å². The molecule has 74 heavy (non-hydrogen) atoms. The Bertz CT molecular complexity index is 4110. The van der Waals surface area contributed by atoms with Gasteiger partial charge in [-0.25, -0.2) is 0 Å². The van der Waals surface area contributed by atoms with Crippen LogP contribution in [-0.4, -0.2) is 4.57 Å². The minimum absolute atomic E-state index is 0.449. The molecule has 12 aromatic rings. The van der Waals surface area contributed by atoms with Crippen LogP contribution in [0.1, 0.15) is 50.1 Å². The molecule has 0 radical (unpaired) electrons. The van der Waals surface area contributed by atoms with E-state index in [0.717, 1.165) is 22.7 Å². The molecule has 0 unspecified atom stereocenters. The first-order valence-electron chi connectivity index (χ1n) is 25.9. The van der Waals surface area contributed by atoms with Crippen molar-refractivity contribution >= 4 is 38.9 Å². The molecular weight excluding hydrogens is 893 g/mol. The first-order chi connectivity index (χ1) is 36.3. The number of benzene rings is 11. The van der Waals surface area contributed by atoms with Crippen molar-refractivity contribution in [3.63, 3.8) is 0 Å². The number of para-hydroxylation sites is 2. The van der Waals surface area contributed by atoms with E-state index in [1.807, 2.05) is 0 Å². The van der Waals surface area contributed by atoms with E-state index < -0.39 is 5.41 Å². The van der Waals surface area contributed by atoms with Gasteiger partial charge in [-0.2, -0.15) is 0 Å². The lowest BCUT2D eigenvalue weighted by Crippen LogP contribution is -2.26. The fourth-order valence-corrected chi connectivity index (χ4v) is 12.6. The van der Waals surface area contributed by atoms with Crippen molar-refractivity contribution < 1.29 is 0 Å². The maximum absolute atomic E-state index is 2.56. The van der Waals surface area contributed by atoms with Crippen molar-refractivity contribution in [3.05, 3.63) is 299 Å². The third-order valence-corrected chi connectivity index (χ3v) is 15.9. The van der Waals surface area contributed by atoms with Gasteiger partial charge in [0, 0.05) is 27.7 Å². The first-order valence-corrected chi connectivity index (χ1v) is 25.9. The molecule has 0 N–H and O–H groups in total. The fraction of sp³-hybridized carbons (Fsp3) is 0.0833. The molecule has 0 fully saturated rings. The number of anilines is 3. The van der Waals surface area contributed by atoms with Gasteiger partial charge >= 0.3 is 0 Å². The quantitative estimate of drug-likeness (QED) is 0.161. The van der Waals surface area contributed by atoms with Crippen molar-refractivity contribution in [2.45, 2.75) is 40.0 Å². The lowest BCUT2D eigenvalue weighted by molar-refractivity contribution is 0.794. The molecule has 354 valence electrons. The van der Waals surface area contributed by atoms with Gasteiger partial charge in [-0.05, 0) is 167 Å². The van der Waals surface area contributed by atoms with E-state index in [0.29, 0.717) is 0 Å². The summed E-state index contributed by atoms with van der Waals surface area (Å²) in [4.78, 5) is 2.56. The van der Waals surface area contributed by atoms with Crippen LogP contribution in [0, 0.1) is 34.6 Å². The molecule has 11 aromatic carbocycles. The van der Waals surface area contributed by atoms with Crippen LogP contribution < -0.4 is 4.90 Å². The number of rotatable bonds is 6. The van der Waals surface area contributed by atoms with E-state index in [2.05, 4.69) is 293 Å². The second-order valence-corrected chi connectivity index (χ2v) is 20.2. The second kappa shape index (κ2) is 17.9. The monoisotopic (exact) mass is 948 g/mol. The minimum Gasteiger partial charge on any atom is -0.309 e. The Hall–Kier alpha value is -8.98. The predicted molar refractivity (Wildman–Crippen MR) is 313 cm³/mol. The summed E-state index contributed by atoms with van der Waals surface area (Å²) < 4.78 is 2.42. The molecule has 1 aromatic heterocycles. The zero-order chi connectivity index (χ0) is 50.1. The van der Waals surface area contributed by atoms with Crippen molar-refractivity contribution in [1.82, 2.24) is 4.57 Å². The van der Waals surface area contributed by atoms with Crippen LogP contribution in [0.3, 0.4) is 0 Å². The summed E-state index contributed by atoms with van der Waals surface area (Å²) in [6.45, 7) is 10.9. The summed E-state index contributed by atoms with van der Waals surface area (Å²) in [7, 11) is 0. The zero-order valence-electron chi connectivity index (χ0n) is 42.6. The molecule has 0 saturated heterocycles. The van der Waals surface area contributed by atoms with Gasteiger partial charge in [0.25, 0.3) is 0 Å². The average Bonchev–Trinajstić information content (AvgIpc) is 4.09. The molecular formula is C72H56N2. The normalized spacial score (nSPS) is 12.5. The Kier molecular flexibility index (Phi) is 10.9. The highest BCUT2D eigenvalue weighted by atomic mass is 15.2. The second-order valence-electron chi connectivity index (χ2n) is 20.2. The molecule has 0 aliphatic heterocycles. The first kappa shape index (κ1) is 44.9. The fourth-order valence-electron chi connectivity index (χ4n) is 12.6. The van der Waals surface area contributed by atoms with Gasteiger partial charge in [0.15, 0.2) is 0 Å². The highest BCUT2D eigenvalue weighted by molar-refractivity contribution is 6.17. The van der Waals surface area contributed by atoms with E-state index >= 15 is 0 Å². The van der Waals surface area contributed by atoms with E-state index in [-0.39, 0.29) is 0 Å². The number of hydrogen-bond acceptors (Lipinski definition) is 1. The molecule has 2 aliphatic rings. The van der Waals surface area contributed by atoms with Gasteiger partial charge in [0.2, 0.25) is 0 Å². The SMILES string of the molecule is Cc1ccc(C)c(-c2ccccc2C)c1.Cc1ccccc1-c1cc(N(c2cccc3c2-c2ccccc2C32c3ccccc3-c3ccccc32)c2cccc3c2c2ccccc2n3-c2ccccc2)ccc1C. The summed E-state index contributed by atoms with van der Waals surface area (Å²) in [5.41, 5.74) is 28.7. The van der Waals surface area contributed by atoms with Gasteiger partial charge in [-0.1, -0.05) is 206 Å². The molecule has 2 aliphatic carbocycles. The molecule has 0 saturated carbocycles. The predicted octanol–water partition coefficient (Wildman–Crippen LogP) is 19.2. The molecule has 0 amide bonds. The standard InChI is InChI=1S/C57H40N2.C15H16/c1-37-18-6-7-21-41(37)46-36-40(35-34-38(46)2)59(54-33-17-32-53-56(54)45-25-11-15-30-51(45)58(53)39-19-4-3-5-20-39)52-31-16-29-50-55(52)44-24-10-14-28-49(44)57(50)47-26-12-8-22-42(47)43-23-9-13-27-48(43)57;1-11-8-9-13(3)15(10-11)14-7-5-4-6-12(14)2/h3-36H,1-2H3;4-10H,1-3H3. The van der Waals surface area contributed by atoms with Gasteiger partial charge < -0.3 is 9.47 Å². The smallest absolute Gasteiger partial charge is 0.0726 e. The Morgan fingerprint density at radius 1 is 0.324 bits per heavy atom. The third-order valence-electron chi connectivity index (χ3n) is 15.9. The van der Waals surface area contributed by atoms with Crippen molar-refractivity contribution in [3.8, 4) is 50.2 Å². The lowest BCUT2D eigenvalue weighted by atomic mass is 9.70. The summed E-state index contributed by atoms with van der Waals surface area (Å²) in [5, 5.41) is 2.45. The van der Waals surface area contributed by atoms with E-state index in [1.54, 1.807) is 0 Å². The number of aromatic nitrogens is 1. The molecule has 14 rings (SSSR count). The van der Waals surface area contributed by atoms with E-state index in [9.17, 15) is 0 Å². The Labute approximate surface area is 435 Å². The van der Waals surface area contributed by atoms with E-state index in [4.69, 9.17) is 0 Å². The average molecular weight is 949 g/mol. The summed E-state index contributed by atoms with van der Waals surface area (Å²) >= 11 is 0. The summed E-state index contributed by atoms with van der Waals surface area (Å²) in [6, 6.07) is 91.8. The van der Waals surface area contributed by atoms with Gasteiger partial charge in [-0.3, -0.25) is 0 Å². The topological polar surface area (TPSA) is 8.17 Å². The van der Waals surface area contributed by atoms with Crippen LogP contribution in [0.2, 0.25) is 0 Å². The van der Waals surface area contributed by atoms with Crippen molar-refractivity contribution in [2.75, 3.05) is 4.90 Å². The van der Waals surface area contributed by atoms with Crippen LogP contribution in [0.15, 0.2) is 249 Å². The van der Waals surface area contributed by atoms with Gasteiger partial charge in [-0.15, -0.1) is 0 Å². The van der Waals surface area contributed by atoms with Gasteiger partial charge in [0.05, 0.1) is 27.8 Å². The highest BCUT2D eigenvalue weighted by Crippen LogP contribution is 2.65. The number of aryl methyl sites for hydroxylation is 5. The van der Waals surface area contributed by atoms with Crippen molar-refractivity contribution in [1.29, 1.82) is 0 Å². The number of hydrogen-bond donors (Lipinski definition) is 0.